The monoisotopic (exact) mass is 175 g/mol. The van der Waals surface area contributed by atoms with Crippen LogP contribution in [0.2, 0.25) is 0 Å². The van der Waals surface area contributed by atoms with Crippen molar-refractivity contribution in [2.24, 2.45) is 0 Å². The van der Waals surface area contributed by atoms with Gasteiger partial charge in [0, 0.05) is 0 Å². The molecule has 1 fully saturated rings. The van der Waals surface area contributed by atoms with E-state index >= 15 is 0 Å². The highest BCUT2D eigenvalue weighted by Gasteiger charge is 2.38. The fourth-order valence-electron chi connectivity index (χ4n) is 0.672. The molecule has 1 heterocycles. The summed E-state index contributed by atoms with van der Waals surface area (Å²) in [6.45, 7) is 0.214. The number of rotatable bonds is 1. The first-order valence-corrected chi connectivity index (χ1v) is 4.65. The molecular weight excluding hydrogens is 165 g/mol. The highest BCUT2D eigenvalue weighted by molar-refractivity contribution is 7.51. The lowest BCUT2D eigenvalue weighted by Crippen LogP contribution is -2.09. The Morgan fingerprint density at radius 1 is 1.73 bits per heavy atom. The van der Waals surface area contributed by atoms with Gasteiger partial charge in [-0.25, -0.2) is 9.24 Å². The second kappa shape index (κ2) is 2.96. The van der Waals surface area contributed by atoms with Crippen LogP contribution in [0.25, 0.3) is 0 Å². The molecule has 1 aliphatic heterocycles. The Balaban J connectivity index is 2.67. The Morgan fingerprint density at radius 2 is 2.36 bits per heavy atom. The molecule has 0 aromatic carbocycles. The van der Waals surface area contributed by atoms with Gasteiger partial charge in [-0.05, 0) is 14.1 Å². The molecule has 0 aromatic heterocycles. The lowest BCUT2D eigenvalue weighted by atomic mass is 10.4. The minimum absolute atomic E-state index is 0.214. The van der Waals surface area contributed by atoms with Crippen molar-refractivity contribution in [1.82, 2.24) is 4.67 Å². The van der Waals surface area contributed by atoms with Crippen LogP contribution in [0.3, 0.4) is 0 Å². The average molecular weight is 175 g/mol. The Labute approximate surface area is 66.1 Å². The standard InChI is InChI=1S/C6H10NO3P/c1-4-6-5-9-11(8,10-6)7(2)3/h1,6H,5H2,2-3H3. The molecule has 1 saturated heterocycles. The maximum Gasteiger partial charge on any atom is 0.409 e. The third kappa shape index (κ3) is 1.63. The Bertz CT molecular complexity index is 232. The zero-order chi connectivity index (χ0) is 8.48. The summed E-state index contributed by atoms with van der Waals surface area (Å²) < 4.78 is 22.8. The van der Waals surface area contributed by atoms with Crippen molar-refractivity contribution in [2.45, 2.75) is 6.10 Å². The molecule has 62 valence electrons. The van der Waals surface area contributed by atoms with E-state index < -0.39 is 13.9 Å². The van der Waals surface area contributed by atoms with Crippen LogP contribution in [-0.2, 0) is 13.6 Å². The van der Waals surface area contributed by atoms with Crippen molar-refractivity contribution in [3.63, 3.8) is 0 Å². The van der Waals surface area contributed by atoms with Gasteiger partial charge in [0.25, 0.3) is 0 Å². The van der Waals surface area contributed by atoms with Gasteiger partial charge in [-0.3, -0.25) is 9.05 Å². The summed E-state index contributed by atoms with van der Waals surface area (Å²) in [5, 5.41) is 0. The summed E-state index contributed by atoms with van der Waals surface area (Å²) in [5.74, 6) is 2.33. The Kier molecular flexibility index (Phi) is 2.36. The Hall–Kier alpha value is -0.330. The van der Waals surface area contributed by atoms with Gasteiger partial charge in [0.1, 0.15) is 0 Å². The lowest BCUT2D eigenvalue weighted by Gasteiger charge is -2.15. The Morgan fingerprint density at radius 3 is 2.64 bits per heavy atom. The van der Waals surface area contributed by atoms with Crippen molar-refractivity contribution in [3.8, 4) is 12.3 Å². The molecule has 1 aliphatic rings. The molecule has 2 atom stereocenters. The minimum atomic E-state index is -3.02. The van der Waals surface area contributed by atoms with Crippen molar-refractivity contribution in [1.29, 1.82) is 0 Å². The zero-order valence-electron chi connectivity index (χ0n) is 6.48. The third-order valence-corrected chi connectivity index (χ3v) is 3.30. The first-order chi connectivity index (χ1) is 5.08. The molecule has 4 nitrogen and oxygen atoms in total. The van der Waals surface area contributed by atoms with Gasteiger partial charge in [0.05, 0.1) is 6.61 Å². The van der Waals surface area contributed by atoms with Crippen LogP contribution in [0.5, 0.6) is 0 Å². The highest BCUT2D eigenvalue weighted by Crippen LogP contribution is 2.55. The SMILES string of the molecule is C#CC1COP(=O)(N(C)C)O1. The first-order valence-electron chi connectivity index (χ1n) is 3.15. The van der Waals surface area contributed by atoms with E-state index in [1.165, 1.54) is 4.67 Å². The summed E-state index contributed by atoms with van der Waals surface area (Å²) in [4.78, 5) is 0. The van der Waals surface area contributed by atoms with E-state index in [-0.39, 0.29) is 6.61 Å². The smallest absolute Gasteiger partial charge is 0.293 e. The van der Waals surface area contributed by atoms with Crippen LogP contribution in [0.4, 0.5) is 0 Å². The molecule has 2 unspecified atom stereocenters. The molecule has 0 bridgehead atoms. The van der Waals surface area contributed by atoms with Crippen molar-refractivity contribution < 1.29 is 13.6 Å². The molecule has 0 aromatic rings. The van der Waals surface area contributed by atoms with E-state index in [9.17, 15) is 4.57 Å². The van der Waals surface area contributed by atoms with E-state index in [0.717, 1.165) is 0 Å². The quantitative estimate of drug-likeness (QED) is 0.434. The van der Waals surface area contributed by atoms with Gasteiger partial charge in [-0.15, -0.1) is 6.42 Å². The molecule has 0 radical (unpaired) electrons. The fourth-order valence-corrected chi connectivity index (χ4v) is 1.92. The fraction of sp³-hybridized carbons (Fsp3) is 0.667. The van der Waals surface area contributed by atoms with Gasteiger partial charge in [-0.2, -0.15) is 0 Å². The number of hydrogen-bond donors (Lipinski definition) is 0. The maximum atomic E-state index is 11.5. The third-order valence-electron chi connectivity index (χ3n) is 1.33. The maximum absolute atomic E-state index is 11.5. The van der Waals surface area contributed by atoms with E-state index in [0.29, 0.717) is 0 Å². The van der Waals surface area contributed by atoms with Gasteiger partial charge in [-0.1, -0.05) is 5.92 Å². The van der Waals surface area contributed by atoms with Crippen molar-refractivity contribution in [2.75, 3.05) is 20.7 Å². The number of hydrogen-bond acceptors (Lipinski definition) is 3. The highest BCUT2D eigenvalue weighted by atomic mass is 31.2. The van der Waals surface area contributed by atoms with Crippen LogP contribution in [0.1, 0.15) is 0 Å². The molecule has 0 N–H and O–H groups in total. The van der Waals surface area contributed by atoms with E-state index in [4.69, 9.17) is 15.5 Å². The van der Waals surface area contributed by atoms with E-state index in [2.05, 4.69) is 5.92 Å². The van der Waals surface area contributed by atoms with Crippen molar-refractivity contribution >= 4 is 7.75 Å². The summed E-state index contributed by atoms with van der Waals surface area (Å²) >= 11 is 0. The van der Waals surface area contributed by atoms with Crippen LogP contribution in [0, 0.1) is 12.3 Å². The van der Waals surface area contributed by atoms with Crippen LogP contribution in [0.15, 0.2) is 0 Å². The predicted molar refractivity (Wildman–Crippen MR) is 41.0 cm³/mol. The molecule has 5 heteroatoms. The molecule has 0 aliphatic carbocycles. The summed E-state index contributed by atoms with van der Waals surface area (Å²) in [7, 11) is 0.226. The second-order valence-corrected chi connectivity index (χ2v) is 4.58. The van der Waals surface area contributed by atoms with Gasteiger partial charge in [0.2, 0.25) is 0 Å². The van der Waals surface area contributed by atoms with Crippen LogP contribution in [-0.4, -0.2) is 31.5 Å². The van der Waals surface area contributed by atoms with E-state index in [1.54, 1.807) is 14.1 Å². The van der Waals surface area contributed by atoms with Crippen LogP contribution < -0.4 is 0 Å². The topological polar surface area (TPSA) is 38.8 Å². The minimum Gasteiger partial charge on any atom is -0.293 e. The molecule has 11 heavy (non-hydrogen) atoms. The molecular formula is C6H10NO3P. The zero-order valence-corrected chi connectivity index (χ0v) is 7.38. The average Bonchev–Trinajstić information content (AvgIpc) is 2.33. The van der Waals surface area contributed by atoms with Gasteiger partial charge in [0.15, 0.2) is 6.10 Å². The molecule has 0 spiro atoms. The van der Waals surface area contributed by atoms with Gasteiger partial charge >= 0.3 is 7.75 Å². The number of nitrogens with zero attached hydrogens (tertiary/aromatic N) is 1. The molecule has 1 rings (SSSR count). The van der Waals surface area contributed by atoms with Crippen LogP contribution >= 0.6 is 7.75 Å². The lowest BCUT2D eigenvalue weighted by molar-refractivity contribution is 0.275. The molecule has 0 saturated carbocycles. The van der Waals surface area contributed by atoms with Crippen molar-refractivity contribution in [3.05, 3.63) is 0 Å². The van der Waals surface area contributed by atoms with E-state index in [1.807, 2.05) is 0 Å². The summed E-state index contributed by atoms with van der Waals surface area (Å²) in [5.41, 5.74) is 0. The largest absolute Gasteiger partial charge is 0.409 e. The van der Waals surface area contributed by atoms with Gasteiger partial charge < -0.3 is 0 Å². The normalized spacial score (nSPS) is 37.5. The summed E-state index contributed by atoms with van der Waals surface area (Å²) in [6.07, 6.45) is 4.59. The summed E-state index contributed by atoms with van der Waals surface area (Å²) in [6, 6.07) is 0. The molecule has 0 amide bonds. The first kappa shape index (κ1) is 8.76. The number of terminal acetylenes is 1. The predicted octanol–water partition coefficient (Wildman–Crippen LogP) is 0.705. The second-order valence-electron chi connectivity index (χ2n) is 2.37.